The highest BCUT2D eigenvalue weighted by molar-refractivity contribution is 5.77. The number of aromatic nitrogens is 2. The lowest BCUT2D eigenvalue weighted by atomic mass is 9.93. The van der Waals surface area contributed by atoms with Crippen LogP contribution in [0.4, 0.5) is 30.5 Å². The van der Waals surface area contributed by atoms with Gasteiger partial charge >= 0.3 is 12.0 Å². The van der Waals surface area contributed by atoms with E-state index in [1.807, 2.05) is 18.2 Å². The predicted octanol–water partition coefficient (Wildman–Crippen LogP) is 3.49. The van der Waals surface area contributed by atoms with Gasteiger partial charge in [-0.3, -0.25) is 4.79 Å². The van der Waals surface area contributed by atoms with Crippen molar-refractivity contribution < 1.29 is 27.6 Å². The van der Waals surface area contributed by atoms with Crippen LogP contribution in [-0.2, 0) is 15.7 Å². The molecule has 194 valence electrons. The molecular weight excluding hydrogens is 481 g/mol. The zero-order chi connectivity index (χ0) is 25.7. The number of alkyl halides is 3. The highest BCUT2D eigenvalue weighted by Crippen LogP contribution is 2.34. The highest BCUT2D eigenvalue weighted by Gasteiger charge is 2.42. The van der Waals surface area contributed by atoms with Crippen molar-refractivity contribution in [3.8, 4) is 0 Å². The summed E-state index contributed by atoms with van der Waals surface area (Å²) < 4.78 is 45.2. The second-order valence-electron chi connectivity index (χ2n) is 8.81. The van der Waals surface area contributed by atoms with Crippen LogP contribution in [0.15, 0.2) is 36.5 Å². The van der Waals surface area contributed by atoms with E-state index in [-0.39, 0.29) is 30.5 Å². The van der Waals surface area contributed by atoms with Crippen molar-refractivity contribution in [1.29, 1.82) is 0 Å². The number of nitrogens with zero attached hydrogens (tertiary/aromatic N) is 5. The molecule has 2 aliphatic rings. The highest BCUT2D eigenvalue weighted by atomic mass is 19.4. The lowest BCUT2D eigenvalue weighted by Gasteiger charge is -2.36. The largest absolute Gasteiger partial charge is 0.441 e. The number of para-hydroxylation sites is 1. The topological polar surface area (TPSA) is 114 Å². The Morgan fingerprint density at radius 3 is 2.39 bits per heavy atom. The van der Waals surface area contributed by atoms with Gasteiger partial charge in [0.1, 0.15) is 6.61 Å². The van der Waals surface area contributed by atoms with Gasteiger partial charge < -0.3 is 30.0 Å². The van der Waals surface area contributed by atoms with E-state index in [1.165, 1.54) is 0 Å². The van der Waals surface area contributed by atoms with E-state index < -0.39 is 22.6 Å². The van der Waals surface area contributed by atoms with Crippen molar-refractivity contribution in [1.82, 2.24) is 14.9 Å². The Morgan fingerprint density at radius 1 is 1.11 bits per heavy atom. The zero-order valence-electron chi connectivity index (χ0n) is 19.5. The van der Waals surface area contributed by atoms with Crippen molar-refractivity contribution >= 4 is 23.2 Å². The predicted molar refractivity (Wildman–Crippen MR) is 125 cm³/mol. The van der Waals surface area contributed by atoms with Gasteiger partial charge in [0.15, 0.2) is 12.0 Å². The van der Waals surface area contributed by atoms with Crippen molar-refractivity contribution in [2.45, 2.75) is 44.0 Å². The molecule has 1 saturated heterocycles. The molecule has 4 rings (SSSR count). The second-order valence-corrected chi connectivity index (χ2v) is 8.81. The summed E-state index contributed by atoms with van der Waals surface area (Å²) in [7, 11) is 0. The molecule has 1 amide bonds. The molecule has 0 bridgehead atoms. The van der Waals surface area contributed by atoms with Crippen molar-refractivity contribution in [2.24, 2.45) is 0 Å². The van der Waals surface area contributed by atoms with Crippen LogP contribution < -0.4 is 10.2 Å². The molecule has 2 heterocycles. The normalized spacial score (nSPS) is 20.8. The number of anilines is 2. The molecule has 0 atom stereocenters. The van der Waals surface area contributed by atoms with Crippen LogP contribution in [0.2, 0.25) is 0 Å². The van der Waals surface area contributed by atoms with Gasteiger partial charge in [-0.1, -0.05) is 18.2 Å². The summed E-state index contributed by atoms with van der Waals surface area (Å²) in [4.78, 5) is 33.0. The molecule has 1 saturated carbocycles. The average molecular weight is 509 g/mol. The van der Waals surface area contributed by atoms with Crippen LogP contribution in [0.3, 0.4) is 0 Å². The molecule has 1 aliphatic carbocycles. The summed E-state index contributed by atoms with van der Waals surface area (Å²) in [5.74, 6) is -1.54. The first kappa shape index (κ1) is 25.6. The third-order valence-corrected chi connectivity index (χ3v) is 6.42. The summed E-state index contributed by atoms with van der Waals surface area (Å²) in [5, 5.41) is 13.7. The monoisotopic (exact) mass is 508 g/mol. The summed E-state index contributed by atoms with van der Waals surface area (Å²) in [6.45, 7) is 2.77. The Balaban J connectivity index is 1.20. The molecule has 10 nitrogen and oxygen atoms in total. The number of halogens is 3. The summed E-state index contributed by atoms with van der Waals surface area (Å²) in [6, 6.07) is 9.87. The lowest BCUT2D eigenvalue weighted by molar-refractivity contribution is -0.393. The molecule has 0 unspecified atom stereocenters. The molecule has 1 aromatic carbocycles. The van der Waals surface area contributed by atoms with E-state index in [0.717, 1.165) is 25.0 Å². The maximum Gasteiger partial charge on any atom is 0.441 e. The number of hydrogen-bond acceptors (Lipinski definition) is 8. The lowest BCUT2D eigenvalue weighted by Crippen LogP contribution is -2.50. The molecule has 2 aromatic rings. The van der Waals surface area contributed by atoms with Gasteiger partial charge in [0.05, 0.1) is 6.10 Å². The van der Waals surface area contributed by atoms with Gasteiger partial charge in [0.25, 0.3) is 0 Å². The minimum Gasteiger partial charge on any atom is -0.368 e. The quantitative estimate of drug-likeness (QED) is 0.447. The number of nitro groups is 1. The number of rotatable bonds is 7. The minimum absolute atomic E-state index is 0.00311. The standard InChI is InChI=1S/C23H27F3N6O4/c24-23(25,26)21-22(32(34)35)27-14-19(29-21)28-16-6-8-18(9-7-16)36-15-20(33)31-12-10-30(11-13-31)17-4-2-1-3-5-17/h1-5,14,16,18H,6-13,15H2,(H,28,29). The molecular formula is C23H27F3N6O4. The Hall–Kier alpha value is -3.48. The van der Waals surface area contributed by atoms with Gasteiger partial charge in [-0.25, -0.2) is 4.98 Å². The third kappa shape index (κ3) is 6.39. The number of carbonyl (C=O) groups excluding carboxylic acids is 1. The molecule has 1 N–H and O–H groups in total. The van der Waals surface area contributed by atoms with Crippen LogP contribution in [0, 0.1) is 10.1 Å². The molecule has 13 heteroatoms. The Kier molecular flexibility index (Phi) is 7.87. The molecule has 0 radical (unpaired) electrons. The summed E-state index contributed by atoms with van der Waals surface area (Å²) >= 11 is 0. The Bertz CT molecular complexity index is 1060. The molecule has 1 aliphatic heterocycles. The molecule has 0 spiro atoms. The fourth-order valence-corrected chi connectivity index (χ4v) is 4.49. The number of nitrogens with one attached hydrogen (secondary N) is 1. The Labute approximate surface area is 205 Å². The summed E-state index contributed by atoms with van der Waals surface area (Å²) in [5.41, 5.74) is -0.488. The van der Waals surface area contributed by atoms with Crippen LogP contribution in [0.25, 0.3) is 0 Å². The van der Waals surface area contributed by atoms with Crippen LogP contribution >= 0.6 is 0 Å². The van der Waals surface area contributed by atoms with Gasteiger partial charge in [-0.15, -0.1) is 0 Å². The molecule has 2 fully saturated rings. The second kappa shape index (κ2) is 11.1. The average Bonchev–Trinajstić information content (AvgIpc) is 2.88. The smallest absolute Gasteiger partial charge is 0.368 e. The zero-order valence-corrected chi connectivity index (χ0v) is 19.5. The van der Waals surface area contributed by atoms with Crippen LogP contribution in [0.5, 0.6) is 0 Å². The number of carbonyl (C=O) groups is 1. The first-order chi connectivity index (χ1) is 17.2. The number of benzene rings is 1. The maximum absolute atomic E-state index is 13.1. The number of piperazine rings is 1. The van der Waals surface area contributed by atoms with Crippen molar-refractivity contribution in [3.63, 3.8) is 0 Å². The van der Waals surface area contributed by atoms with Crippen LogP contribution in [0.1, 0.15) is 31.4 Å². The number of ether oxygens (including phenoxy) is 1. The van der Waals surface area contributed by atoms with E-state index >= 15 is 0 Å². The van der Waals surface area contributed by atoms with Crippen molar-refractivity contribution in [2.75, 3.05) is 43.0 Å². The van der Waals surface area contributed by atoms with E-state index in [4.69, 9.17) is 4.74 Å². The fourth-order valence-electron chi connectivity index (χ4n) is 4.49. The minimum atomic E-state index is -4.99. The number of amides is 1. The first-order valence-electron chi connectivity index (χ1n) is 11.7. The van der Waals surface area contributed by atoms with E-state index in [2.05, 4.69) is 32.3 Å². The van der Waals surface area contributed by atoms with Gasteiger partial charge in [0.2, 0.25) is 11.6 Å². The number of hydrogen-bond donors (Lipinski definition) is 1. The summed E-state index contributed by atoms with van der Waals surface area (Å²) in [6.07, 6.45) is -1.74. The fraction of sp³-hybridized carbons (Fsp3) is 0.522. The van der Waals surface area contributed by atoms with Gasteiger partial charge in [-0.2, -0.15) is 13.2 Å². The van der Waals surface area contributed by atoms with E-state index in [1.54, 1.807) is 4.90 Å². The van der Waals surface area contributed by atoms with Crippen molar-refractivity contribution in [3.05, 3.63) is 52.3 Å². The van der Waals surface area contributed by atoms with E-state index in [0.29, 0.717) is 38.8 Å². The molecule has 36 heavy (non-hydrogen) atoms. The van der Waals surface area contributed by atoms with Gasteiger partial charge in [0, 0.05) is 37.9 Å². The van der Waals surface area contributed by atoms with Crippen LogP contribution in [-0.4, -0.2) is 70.6 Å². The third-order valence-electron chi connectivity index (χ3n) is 6.42. The van der Waals surface area contributed by atoms with E-state index in [9.17, 15) is 28.1 Å². The van der Waals surface area contributed by atoms with Gasteiger partial charge in [-0.05, 0) is 47.7 Å². The molecule has 1 aromatic heterocycles. The first-order valence-corrected chi connectivity index (χ1v) is 11.7. The Morgan fingerprint density at radius 2 is 1.78 bits per heavy atom. The SMILES string of the molecule is O=C(COC1CCC(Nc2cnc([N+](=O)[O-])c(C(F)(F)F)n2)CC1)N1CCN(c2ccccc2)CC1. The maximum atomic E-state index is 13.1.